The van der Waals surface area contributed by atoms with Crippen LogP contribution in [0.4, 0.5) is 0 Å². The molecule has 0 N–H and O–H groups in total. The van der Waals surface area contributed by atoms with E-state index < -0.39 is 0 Å². The minimum Gasteiger partial charge on any atom is -0.455 e. The van der Waals surface area contributed by atoms with Crippen LogP contribution >= 0.6 is 0 Å². The highest BCUT2D eigenvalue weighted by Crippen LogP contribution is 2.43. The SMILES string of the molecule is c1ccc(-c2cc(-c3ccccc3)nc(-c3cccc4oc5c(-c6ccccc6)c6ccccc6cc5c34)n2)cc1. The number of benzene rings is 6. The number of rotatable bonds is 4. The minimum absolute atomic E-state index is 0.674. The van der Waals surface area contributed by atoms with Crippen molar-refractivity contribution >= 4 is 32.7 Å². The molecule has 0 atom stereocenters. The standard InChI is InChI=1S/C38H24N2O/c1-4-13-25(14-5-1)32-24-33(26-15-6-2-7-16-26)40-38(39-32)30-21-12-22-34-36(30)31-23-28-19-10-11-20-29(28)35(37(31)41-34)27-17-8-3-9-18-27/h1-24H. The first-order valence-electron chi connectivity index (χ1n) is 13.8. The van der Waals surface area contributed by atoms with Crippen molar-refractivity contribution in [3.05, 3.63) is 146 Å². The Balaban J connectivity index is 1.45. The summed E-state index contributed by atoms with van der Waals surface area (Å²) < 4.78 is 6.68. The quantitative estimate of drug-likeness (QED) is 0.230. The molecule has 8 aromatic rings. The summed E-state index contributed by atoms with van der Waals surface area (Å²) in [5.74, 6) is 0.674. The molecule has 0 fully saturated rings. The lowest BCUT2D eigenvalue weighted by atomic mass is 9.94. The first-order chi connectivity index (χ1) is 20.3. The van der Waals surface area contributed by atoms with Gasteiger partial charge in [-0.05, 0) is 34.5 Å². The molecular formula is C38H24N2O. The molecule has 0 unspecified atom stereocenters. The Morgan fingerprint density at radius 2 is 1.05 bits per heavy atom. The van der Waals surface area contributed by atoms with Gasteiger partial charge in [0, 0.05) is 33.0 Å². The normalized spacial score (nSPS) is 11.4. The molecular weight excluding hydrogens is 500 g/mol. The Kier molecular flexibility index (Phi) is 5.46. The first-order valence-corrected chi connectivity index (χ1v) is 13.8. The average molecular weight is 525 g/mol. The lowest BCUT2D eigenvalue weighted by molar-refractivity contribution is 0.670. The Morgan fingerprint density at radius 3 is 1.71 bits per heavy atom. The molecule has 0 saturated heterocycles. The molecule has 2 heterocycles. The van der Waals surface area contributed by atoms with Crippen LogP contribution in [0, 0.1) is 0 Å². The summed E-state index contributed by atoms with van der Waals surface area (Å²) in [6, 6.07) is 50.1. The molecule has 3 nitrogen and oxygen atoms in total. The minimum atomic E-state index is 0.674. The van der Waals surface area contributed by atoms with E-state index in [2.05, 4.69) is 91.0 Å². The highest BCUT2D eigenvalue weighted by molar-refractivity contribution is 6.21. The summed E-state index contributed by atoms with van der Waals surface area (Å²) in [5.41, 5.74) is 8.74. The van der Waals surface area contributed by atoms with Gasteiger partial charge in [-0.2, -0.15) is 0 Å². The van der Waals surface area contributed by atoms with Gasteiger partial charge in [-0.15, -0.1) is 0 Å². The fourth-order valence-corrected chi connectivity index (χ4v) is 5.78. The number of hydrogen-bond donors (Lipinski definition) is 0. The molecule has 0 amide bonds. The second-order valence-electron chi connectivity index (χ2n) is 10.2. The molecule has 6 aromatic carbocycles. The third-order valence-corrected chi connectivity index (χ3v) is 7.68. The van der Waals surface area contributed by atoms with Crippen molar-refractivity contribution in [3.63, 3.8) is 0 Å². The summed E-state index contributed by atoms with van der Waals surface area (Å²) in [6.07, 6.45) is 0. The van der Waals surface area contributed by atoms with Gasteiger partial charge >= 0.3 is 0 Å². The maximum absolute atomic E-state index is 6.68. The van der Waals surface area contributed by atoms with E-state index in [4.69, 9.17) is 14.4 Å². The van der Waals surface area contributed by atoms with Gasteiger partial charge in [-0.3, -0.25) is 0 Å². The number of furan rings is 1. The number of nitrogens with zero attached hydrogens (tertiary/aromatic N) is 2. The van der Waals surface area contributed by atoms with E-state index in [1.807, 2.05) is 54.6 Å². The molecule has 3 heteroatoms. The zero-order valence-electron chi connectivity index (χ0n) is 22.2. The van der Waals surface area contributed by atoms with Gasteiger partial charge in [0.05, 0.1) is 11.4 Å². The van der Waals surface area contributed by atoms with Crippen molar-refractivity contribution in [1.29, 1.82) is 0 Å². The van der Waals surface area contributed by atoms with Crippen molar-refractivity contribution in [2.45, 2.75) is 0 Å². The number of fused-ring (bicyclic) bond motifs is 4. The Morgan fingerprint density at radius 1 is 0.463 bits per heavy atom. The van der Waals surface area contributed by atoms with Gasteiger partial charge in [-0.25, -0.2) is 9.97 Å². The average Bonchev–Trinajstić information content (AvgIpc) is 3.43. The number of aromatic nitrogens is 2. The van der Waals surface area contributed by atoms with Gasteiger partial charge in [0.1, 0.15) is 11.2 Å². The smallest absolute Gasteiger partial charge is 0.161 e. The molecule has 0 aliphatic carbocycles. The van der Waals surface area contributed by atoms with Crippen molar-refractivity contribution in [2.75, 3.05) is 0 Å². The molecule has 0 bridgehead atoms. The van der Waals surface area contributed by atoms with Crippen molar-refractivity contribution in [1.82, 2.24) is 9.97 Å². The van der Waals surface area contributed by atoms with Gasteiger partial charge in [0.2, 0.25) is 0 Å². The lowest BCUT2D eigenvalue weighted by Gasteiger charge is -2.11. The van der Waals surface area contributed by atoms with Gasteiger partial charge in [-0.1, -0.05) is 127 Å². The van der Waals surface area contributed by atoms with Gasteiger partial charge in [0.25, 0.3) is 0 Å². The van der Waals surface area contributed by atoms with E-state index >= 15 is 0 Å². The van der Waals surface area contributed by atoms with Crippen LogP contribution in [0.15, 0.2) is 150 Å². The van der Waals surface area contributed by atoms with Crippen LogP contribution in [0.3, 0.4) is 0 Å². The summed E-state index contributed by atoms with van der Waals surface area (Å²) in [5, 5.41) is 4.42. The molecule has 0 saturated carbocycles. The maximum Gasteiger partial charge on any atom is 0.161 e. The van der Waals surface area contributed by atoms with Crippen LogP contribution in [0.2, 0.25) is 0 Å². The van der Waals surface area contributed by atoms with E-state index in [1.54, 1.807) is 0 Å². The zero-order valence-corrected chi connectivity index (χ0v) is 22.2. The van der Waals surface area contributed by atoms with Crippen LogP contribution in [-0.4, -0.2) is 9.97 Å². The second-order valence-corrected chi connectivity index (χ2v) is 10.2. The van der Waals surface area contributed by atoms with E-state index in [-0.39, 0.29) is 0 Å². The Labute approximate surface area is 237 Å². The monoisotopic (exact) mass is 524 g/mol. The van der Waals surface area contributed by atoms with E-state index in [0.717, 1.165) is 61.1 Å². The molecule has 0 spiro atoms. The number of hydrogen-bond acceptors (Lipinski definition) is 3. The van der Waals surface area contributed by atoms with Crippen LogP contribution < -0.4 is 0 Å². The lowest BCUT2D eigenvalue weighted by Crippen LogP contribution is -1.96. The first kappa shape index (κ1) is 23.4. The fourth-order valence-electron chi connectivity index (χ4n) is 5.78. The van der Waals surface area contributed by atoms with Crippen LogP contribution in [0.25, 0.3) is 77.7 Å². The summed E-state index contributed by atoms with van der Waals surface area (Å²) in [6.45, 7) is 0. The maximum atomic E-state index is 6.68. The predicted octanol–water partition coefficient (Wildman–Crippen LogP) is 10.2. The van der Waals surface area contributed by atoms with Crippen LogP contribution in [0.5, 0.6) is 0 Å². The summed E-state index contributed by atoms with van der Waals surface area (Å²) in [4.78, 5) is 10.3. The molecule has 0 radical (unpaired) electrons. The van der Waals surface area contributed by atoms with Crippen molar-refractivity contribution < 1.29 is 4.42 Å². The molecule has 2 aromatic heterocycles. The largest absolute Gasteiger partial charge is 0.455 e. The Hall–Kier alpha value is -5.54. The molecule has 192 valence electrons. The molecule has 41 heavy (non-hydrogen) atoms. The van der Waals surface area contributed by atoms with Crippen LogP contribution in [0.1, 0.15) is 0 Å². The highest BCUT2D eigenvalue weighted by atomic mass is 16.3. The zero-order chi connectivity index (χ0) is 27.2. The summed E-state index contributed by atoms with van der Waals surface area (Å²) in [7, 11) is 0. The van der Waals surface area contributed by atoms with Crippen molar-refractivity contribution in [3.8, 4) is 45.0 Å². The Bertz CT molecular complexity index is 2130. The van der Waals surface area contributed by atoms with E-state index in [1.165, 1.54) is 10.8 Å². The van der Waals surface area contributed by atoms with Crippen LogP contribution in [-0.2, 0) is 0 Å². The van der Waals surface area contributed by atoms with Crippen molar-refractivity contribution in [2.24, 2.45) is 0 Å². The summed E-state index contributed by atoms with van der Waals surface area (Å²) >= 11 is 0. The third-order valence-electron chi connectivity index (χ3n) is 7.68. The fraction of sp³-hybridized carbons (Fsp3) is 0. The van der Waals surface area contributed by atoms with E-state index in [9.17, 15) is 0 Å². The topological polar surface area (TPSA) is 38.9 Å². The molecule has 0 aliphatic rings. The molecule has 8 rings (SSSR count). The van der Waals surface area contributed by atoms with Gasteiger partial charge in [0.15, 0.2) is 5.82 Å². The van der Waals surface area contributed by atoms with Gasteiger partial charge < -0.3 is 4.42 Å². The third kappa shape index (κ3) is 3.98. The molecule has 0 aliphatic heterocycles. The van der Waals surface area contributed by atoms with E-state index in [0.29, 0.717) is 5.82 Å². The predicted molar refractivity (Wildman–Crippen MR) is 169 cm³/mol. The second kappa shape index (κ2) is 9.58. The highest BCUT2D eigenvalue weighted by Gasteiger charge is 2.20.